The van der Waals surface area contributed by atoms with E-state index < -0.39 is 5.54 Å². The van der Waals surface area contributed by atoms with Crippen molar-refractivity contribution in [3.05, 3.63) is 23.8 Å². The number of ketones is 1. The van der Waals surface area contributed by atoms with Crippen molar-refractivity contribution in [2.45, 2.75) is 44.1 Å². The Balaban J connectivity index is 1.50. The van der Waals surface area contributed by atoms with Gasteiger partial charge in [0, 0.05) is 19.4 Å². The first-order valence-electron chi connectivity index (χ1n) is 7.91. The number of carbonyl (C=O) groups excluding carboxylic acids is 2. The fourth-order valence-electron chi connectivity index (χ4n) is 3.96. The number of nitrogens with zero attached hydrogens (tertiary/aromatic N) is 1. The van der Waals surface area contributed by atoms with Gasteiger partial charge in [0.1, 0.15) is 5.54 Å². The smallest absolute Gasteiger partial charge is 0.231 e. The Bertz CT molecular complexity index is 642. The van der Waals surface area contributed by atoms with Gasteiger partial charge in [0.05, 0.1) is 0 Å². The largest absolute Gasteiger partial charge is 0.454 e. The van der Waals surface area contributed by atoms with E-state index in [1.807, 2.05) is 23.1 Å². The highest BCUT2D eigenvalue weighted by Crippen LogP contribution is 2.41. The molecule has 2 heterocycles. The molecule has 1 spiro atoms. The van der Waals surface area contributed by atoms with Gasteiger partial charge in [0.25, 0.3) is 0 Å². The minimum Gasteiger partial charge on any atom is -0.454 e. The van der Waals surface area contributed by atoms with Crippen molar-refractivity contribution < 1.29 is 19.1 Å². The quantitative estimate of drug-likeness (QED) is 0.857. The molecule has 0 radical (unpaired) electrons. The molecule has 116 valence electrons. The third-order valence-corrected chi connectivity index (χ3v) is 5.14. The van der Waals surface area contributed by atoms with Crippen molar-refractivity contribution in [3.8, 4) is 11.5 Å². The Hall–Kier alpha value is -2.04. The van der Waals surface area contributed by atoms with Crippen LogP contribution < -0.4 is 9.47 Å². The second kappa shape index (κ2) is 5.00. The molecule has 1 saturated heterocycles. The average Bonchev–Trinajstić information content (AvgIpc) is 3.19. The van der Waals surface area contributed by atoms with E-state index in [1.165, 1.54) is 0 Å². The van der Waals surface area contributed by atoms with Gasteiger partial charge in [-0.15, -0.1) is 0 Å². The number of ether oxygens (including phenoxy) is 2. The Morgan fingerprint density at radius 3 is 2.77 bits per heavy atom. The van der Waals surface area contributed by atoms with Crippen LogP contribution in [0.4, 0.5) is 0 Å². The van der Waals surface area contributed by atoms with E-state index in [2.05, 4.69) is 0 Å². The normalized spacial score (nSPS) is 26.5. The van der Waals surface area contributed by atoms with E-state index in [4.69, 9.17) is 9.47 Å². The summed E-state index contributed by atoms with van der Waals surface area (Å²) in [6.07, 6.45) is 4.30. The highest BCUT2D eigenvalue weighted by atomic mass is 16.7. The number of fused-ring (bicyclic) bond motifs is 1. The van der Waals surface area contributed by atoms with Crippen LogP contribution in [0.1, 0.15) is 37.7 Å². The van der Waals surface area contributed by atoms with Gasteiger partial charge in [-0.3, -0.25) is 9.59 Å². The third-order valence-electron chi connectivity index (χ3n) is 5.14. The van der Waals surface area contributed by atoms with Gasteiger partial charge >= 0.3 is 0 Å². The molecule has 22 heavy (non-hydrogen) atoms. The number of amides is 1. The standard InChI is InChI=1S/C17H19NO4/c19-15-2-1-7-17(15)8-5-16(20)18(17)9-6-12-3-4-13-14(10-12)22-11-21-13/h3-4,10H,1-2,5-9,11H2. The third kappa shape index (κ3) is 1.99. The van der Waals surface area contributed by atoms with Crippen molar-refractivity contribution in [1.82, 2.24) is 4.90 Å². The van der Waals surface area contributed by atoms with Crippen LogP contribution in [0.3, 0.4) is 0 Å². The van der Waals surface area contributed by atoms with Gasteiger partial charge in [-0.1, -0.05) is 6.07 Å². The second-order valence-corrected chi connectivity index (χ2v) is 6.29. The second-order valence-electron chi connectivity index (χ2n) is 6.29. The number of likely N-dealkylation sites (tertiary alicyclic amines) is 1. The van der Waals surface area contributed by atoms with Crippen LogP contribution in [0.25, 0.3) is 0 Å². The lowest BCUT2D eigenvalue weighted by Crippen LogP contribution is -2.49. The van der Waals surface area contributed by atoms with Gasteiger partial charge in [0.15, 0.2) is 17.3 Å². The monoisotopic (exact) mass is 301 g/mol. The summed E-state index contributed by atoms with van der Waals surface area (Å²) >= 11 is 0. The summed E-state index contributed by atoms with van der Waals surface area (Å²) in [7, 11) is 0. The molecular formula is C17H19NO4. The number of hydrogen-bond donors (Lipinski definition) is 0. The van der Waals surface area contributed by atoms with Gasteiger partial charge in [-0.05, 0) is 43.4 Å². The maximum atomic E-state index is 12.3. The van der Waals surface area contributed by atoms with E-state index in [1.54, 1.807) is 0 Å². The lowest BCUT2D eigenvalue weighted by atomic mass is 9.93. The fourth-order valence-corrected chi connectivity index (χ4v) is 3.96. The molecular weight excluding hydrogens is 282 g/mol. The zero-order chi connectivity index (χ0) is 15.2. The molecule has 5 heteroatoms. The van der Waals surface area contributed by atoms with Crippen molar-refractivity contribution in [2.24, 2.45) is 0 Å². The predicted octanol–water partition coefficient (Wildman–Crippen LogP) is 2.07. The molecule has 5 nitrogen and oxygen atoms in total. The molecule has 1 aromatic rings. The van der Waals surface area contributed by atoms with Crippen LogP contribution in [-0.2, 0) is 16.0 Å². The summed E-state index contributed by atoms with van der Waals surface area (Å²) in [4.78, 5) is 26.3. The zero-order valence-electron chi connectivity index (χ0n) is 12.5. The highest BCUT2D eigenvalue weighted by molar-refractivity contribution is 5.97. The topological polar surface area (TPSA) is 55.8 Å². The van der Waals surface area contributed by atoms with Crippen molar-refractivity contribution >= 4 is 11.7 Å². The van der Waals surface area contributed by atoms with Gasteiger partial charge in [0.2, 0.25) is 12.7 Å². The summed E-state index contributed by atoms with van der Waals surface area (Å²) in [5, 5.41) is 0. The molecule has 4 rings (SSSR count). The Labute approximate surface area is 129 Å². The lowest BCUT2D eigenvalue weighted by Gasteiger charge is -2.33. The zero-order valence-corrected chi connectivity index (χ0v) is 12.5. The summed E-state index contributed by atoms with van der Waals surface area (Å²) in [6.45, 7) is 0.866. The molecule has 1 unspecified atom stereocenters. The first-order chi connectivity index (χ1) is 10.7. The highest BCUT2D eigenvalue weighted by Gasteiger charge is 2.52. The van der Waals surface area contributed by atoms with Crippen molar-refractivity contribution in [1.29, 1.82) is 0 Å². The SMILES string of the molecule is O=C1CCC2(CCCC2=O)N1CCc1ccc2c(c1)OCO2. The summed E-state index contributed by atoms with van der Waals surface area (Å²) < 4.78 is 10.7. The summed E-state index contributed by atoms with van der Waals surface area (Å²) in [6, 6.07) is 5.86. The molecule has 3 aliphatic rings. The summed E-state index contributed by atoms with van der Waals surface area (Å²) in [5.74, 6) is 1.90. The Morgan fingerprint density at radius 1 is 1.09 bits per heavy atom. The maximum absolute atomic E-state index is 12.3. The molecule has 1 saturated carbocycles. The molecule has 1 amide bonds. The lowest BCUT2D eigenvalue weighted by molar-refractivity contribution is -0.138. The van der Waals surface area contributed by atoms with Crippen molar-refractivity contribution in [2.75, 3.05) is 13.3 Å². The van der Waals surface area contributed by atoms with Crippen LogP contribution in [0.15, 0.2) is 18.2 Å². The van der Waals surface area contributed by atoms with Crippen LogP contribution in [0.5, 0.6) is 11.5 Å². The van der Waals surface area contributed by atoms with Crippen LogP contribution in [-0.4, -0.2) is 35.5 Å². The number of rotatable bonds is 3. The van der Waals surface area contributed by atoms with Gasteiger partial charge in [-0.25, -0.2) is 0 Å². The van der Waals surface area contributed by atoms with Crippen LogP contribution in [0, 0.1) is 0 Å². The fraction of sp³-hybridized carbons (Fsp3) is 0.529. The first kappa shape index (κ1) is 13.6. The minimum atomic E-state index is -0.493. The first-order valence-corrected chi connectivity index (χ1v) is 7.91. The molecule has 2 aliphatic heterocycles. The van der Waals surface area contributed by atoms with E-state index in [-0.39, 0.29) is 18.5 Å². The predicted molar refractivity (Wildman–Crippen MR) is 78.8 cm³/mol. The van der Waals surface area contributed by atoms with Crippen LogP contribution >= 0.6 is 0 Å². The number of hydrogen-bond acceptors (Lipinski definition) is 4. The molecule has 0 aromatic heterocycles. The minimum absolute atomic E-state index is 0.121. The molecule has 1 aliphatic carbocycles. The van der Waals surface area contributed by atoms with E-state index in [0.29, 0.717) is 25.8 Å². The van der Waals surface area contributed by atoms with Crippen LogP contribution in [0.2, 0.25) is 0 Å². The molecule has 0 bridgehead atoms. The maximum Gasteiger partial charge on any atom is 0.231 e. The Morgan fingerprint density at radius 2 is 1.95 bits per heavy atom. The van der Waals surface area contributed by atoms with E-state index in [9.17, 15) is 9.59 Å². The molecule has 1 aromatic carbocycles. The molecule has 1 atom stereocenters. The average molecular weight is 301 g/mol. The molecule has 2 fully saturated rings. The van der Waals surface area contributed by atoms with E-state index in [0.717, 1.165) is 36.3 Å². The van der Waals surface area contributed by atoms with Gasteiger partial charge < -0.3 is 14.4 Å². The number of carbonyl (C=O) groups is 2. The Kier molecular flexibility index (Phi) is 3.10. The summed E-state index contributed by atoms with van der Waals surface area (Å²) in [5.41, 5.74) is 0.609. The van der Waals surface area contributed by atoms with E-state index >= 15 is 0 Å². The number of benzene rings is 1. The van der Waals surface area contributed by atoms with Gasteiger partial charge in [-0.2, -0.15) is 0 Å². The van der Waals surface area contributed by atoms with Crippen molar-refractivity contribution in [3.63, 3.8) is 0 Å². The number of Topliss-reactive ketones (excluding diaryl/α,β-unsaturated/α-hetero) is 1. The molecule has 0 N–H and O–H groups in total.